The first-order valence-electron chi connectivity index (χ1n) is 8.89. The Labute approximate surface area is 169 Å². The van der Waals surface area contributed by atoms with E-state index in [1.54, 1.807) is 36.4 Å². The van der Waals surface area contributed by atoms with Gasteiger partial charge in [0.1, 0.15) is 0 Å². The molecule has 9 heteroatoms. The molecule has 0 bridgehead atoms. The molecule has 1 aliphatic heterocycles. The molecule has 1 saturated heterocycles. The van der Waals surface area contributed by atoms with Crippen molar-refractivity contribution in [3.05, 3.63) is 64.7 Å². The van der Waals surface area contributed by atoms with Crippen LogP contribution < -0.4 is 10.6 Å². The van der Waals surface area contributed by atoms with E-state index in [9.17, 15) is 13.2 Å². The van der Waals surface area contributed by atoms with Gasteiger partial charge in [0, 0.05) is 31.2 Å². The van der Waals surface area contributed by atoms with E-state index >= 15 is 0 Å². The Kier molecular flexibility index (Phi) is 6.90. The predicted octanol–water partition coefficient (Wildman–Crippen LogP) is 2.36. The first kappa shape index (κ1) is 20.6. The molecule has 28 heavy (non-hydrogen) atoms. The second-order valence-corrected chi connectivity index (χ2v) is 8.63. The maximum atomic E-state index is 12.9. The normalized spacial score (nSPS) is 15.2. The lowest BCUT2D eigenvalue weighted by molar-refractivity contribution is 0.0730. The van der Waals surface area contributed by atoms with Crippen molar-refractivity contribution in [2.45, 2.75) is 18.0 Å². The minimum atomic E-state index is -3.63. The summed E-state index contributed by atoms with van der Waals surface area (Å²) >= 11 is 5.84. The van der Waals surface area contributed by atoms with Crippen LogP contribution in [0.25, 0.3) is 0 Å². The summed E-state index contributed by atoms with van der Waals surface area (Å²) in [7, 11) is -3.63. The highest BCUT2D eigenvalue weighted by atomic mass is 35.5. The average molecular weight is 424 g/mol. The third-order valence-electron chi connectivity index (χ3n) is 4.37. The van der Waals surface area contributed by atoms with Crippen molar-refractivity contribution in [2.75, 3.05) is 26.3 Å². The van der Waals surface area contributed by atoms with E-state index in [-0.39, 0.29) is 17.5 Å². The van der Waals surface area contributed by atoms with Crippen LogP contribution in [-0.4, -0.2) is 45.1 Å². The van der Waals surface area contributed by atoms with Crippen LogP contribution in [0.3, 0.4) is 0 Å². The number of hydrogen-bond acceptors (Lipinski definition) is 4. The predicted molar refractivity (Wildman–Crippen MR) is 107 cm³/mol. The van der Waals surface area contributed by atoms with Crippen molar-refractivity contribution in [2.24, 2.45) is 0 Å². The Balaban J connectivity index is 1.61. The molecule has 0 aromatic heterocycles. The molecule has 0 aliphatic carbocycles. The van der Waals surface area contributed by atoms with Crippen LogP contribution in [0, 0.1) is 0 Å². The highest BCUT2D eigenvalue weighted by molar-refractivity contribution is 7.89. The number of halogens is 1. The molecule has 0 unspecified atom stereocenters. The van der Waals surface area contributed by atoms with Crippen molar-refractivity contribution in [1.82, 2.24) is 14.9 Å². The van der Waals surface area contributed by atoms with Crippen molar-refractivity contribution in [1.29, 1.82) is 0 Å². The third-order valence-corrected chi connectivity index (χ3v) is 6.62. The van der Waals surface area contributed by atoms with Gasteiger partial charge >= 0.3 is 6.03 Å². The highest BCUT2D eigenvalue weighted by Gasteiger charge is 2.28. The Morgan fingerprint density at radius 3 is 2.36 bits per heavy atom. The molecular weight excluding hydrogens is 402 g/mol. The molecular formula is C19H22ClN3O4S. The molecule has 2 aromatic carbocycles. The van der Waals surface area contributed by atoms with Crippen molar-refractivity contribution in [3.8, 4) is 0 Å². The summed E-state index contributed by atoms with van der Waals surface area (Å²) in [5.74, 6) is 0. The molecule has 1 heterocycles. The van der Waals surface area contributed by atoms with Gasteiger partial charge in [-0.2, -0.15) is 4.31 Å². The quantitative estimate of drug-likeness (QED) is 0.746. The first-order chi connectivity index (χ1) is 13.5. The molecule has 1 aliphatic rings. The lowest BCUT2D eigenvalue weighted by Gasteiger charge is -2.27. The van der Waals surface area contributed by atoms with Crippen LogP contribution in [0.2, 0.25) is 5.02 Å². The molecule has 2 aromatic rings. The van der Waals surface area contributed by atoms with Gasteiger partial charge in [-0.05, 0) is 29.3 Å². The van der Waals surface area contributed by atoms with Gasteiger partial charge in [-0.15, -0.1) is 0 Å². The van der Waals surface area contributed by atoms with Crippen LogP contribution >= 0.6 is 11.6 Å². The average Bonchev–Trinajstić information content (AvgIpc) is 2.72. The highest BCUT2D eigenvalue weighted by Crippen LogP contribution is 2.21. The van der Waals surface area contributed by atoms with E-state index < -0.39 is 10.0 Å². The monoisotopic (exact) mass is 423 g/mol. The molecule has 0 atom stereocenters. The fraction of sp³-hybridized carbons (Fsp3) is 0.316. The van der Waals surface area contributed by atoms with Gasteiger partial charge in [0.15, 0.2) is 0 Å². The smallest absolute Gasteiger partial charge is 0.315 e. The zero-order chi connectivity index (χ0) is 20.0. The second-order valence-electron chi connectivity index (χ2n) is 6.29. The van der Waals surface area contributed by atoms with Gasteiger partial charge in [-0.1, -0.05) is 41.9 Å². The number of sulfonamides is 1. The molecule has 0 radical (unpaired) electrons. The van der Waals surface area contributed by atoms with Crippen molar-refractivity contribution < 1.29 is 17.9 Å². The molecule has 0 saturated carbocycles. The lowest BCUT2D eigenvalue weighted by atomic mass is 10.2. The SMILES string of the molecule is O=C(NCc1ccc(Cl)cc1)NCc1ccccc1S(=O)(=O)N1CCOCC1. The van der Waals surface area contributed by atoms with Crippen LogP contribution in [0.15, 0.2) is 53.4 Å². The Bertz CT molecular complexity index is 913. The number of amides is 2. The van der Waals surface area contributed by atoms with Gasteiger partial charge in [0.05, 0.1) is 18.1 Å². The van der Waals surface area contributed by atoms with E-state index in [0.29, 0.717) is 43.4 Å². The minimum absolute atomic E-state index is 0.103. The standard InChI is InChI=1S/C19H22ClN3O4S/c20-17-7-5-15(6-8-17)13-21-19(24)22-14-16-3-1-2-4-18(16)28(25,26)23-9-11-27-12-10-23/h1-8H,9-14H2,(H2,21,22,24). The van der Waals surface area contributed by atoms with Gasteiger partial charge in [0.25, 0.3) is 0 Å². The van der Waals surface area contributed by atoms with Crippen LogP contribution in [0.5, 0.6) is 0 Å². The Morgan fingerprint density at radius 1 is 1.00 bits per heavy atom. The first-order valence-corrected chi connectivity index (χ1v) is 10.7. The largest absolute Gasteiger partial charge is 0.379 e. The van der Waals surface area contributed by atoms with E-state index in [1.165, 1.54) is 4.31 Å². The number of morpholine rings is 1. The number of nitrogens with zero attached hydrogens (tertiary/aromatic N) is 1. The van der Waals surface area contributed by atoms with Crippen LogP contribution in [-0.2, 0) is 27.8 Å². The summed E-state index contributed by atoms with van der Waals surface area (Å²) in [6, 6.07) is 13.5. The maximum Gasteiger partial charge on any atom is 0.315 e. The van der Waals surface area contributed by atoms with Crippen molar-refractivity contribution in [3.63, 3.8) is 0 Å². The fourth-order valence-electron chi connectivity index (χ4n) is 2.85. The van der Waals surface area contributed by atoms with Crippen molar-refractivity contribution >= 4 is 27.7 Å². The van der Waals surface area contributed by atoms with Crippen LogP contribution in [0.4, 0.5) is 4.79 Å². The zero-order valence-electron chi connectivity index (χ0n) is 15.2. The maximum absolute atomic E-state index is 12.9. The summed E-state index contributed by atoms with van der Waals surface area (Å²) in [4.78, 5) is 12.3. The summed E-state index contributed by atoms with van der Waals surface area (Å²) in [5, 5.41) is 6.08. The molecule has 0 spiro atoms. The van der Waals surface area contributed by atoms with E-state index in [0.717, 1.165) is 5.56 Å². The molecule has 1 fully saturated rings. The summed E-state index contributed by atoms with van der Waals surface area (Å²) in [6.07, 6.45) is 0. The van der Waals surface area contributed by atoms with Gasteiger partial charge in [0.2, 0.25) is 10.0 Å². The number of nitrogens with one attached hydrogen (secondary N) is 2. The number of carbonyl (C=O) groups excluding carboxylic acids is 1. The number of carbonyl (C=O) groups is 1. The minimum Gasteiger partial charge on any atom is -0.379 e. The molecule has 150 valence electrons. The van der Waals surface area contributed by atoms with E-state index in [2.05, 4.69) is 10.6 Å². The van der Waals surface area contributed by atoms with Gasteiger partial charge < -0.3 is 15.4 Å². The number of urea groups is 1. The topological polar surface area (TPSA) is 87.7 Å². The van der Waals surface area contributed by atoms with Crippen LogP contribution in [0.1, 0.15) is 11.1 Å². The summed E-state index contributed by atoms with van der Waals surface area (Å²) in [5.41, 5.74) is 1.45. The molecule has 2 N–H and O–H groups in total. The molecule has 2 amide bonds. The Morgan fingerprint density at radius 2 is 1.64 bits per heavy atom. The fourth-order valence-corrected chi connectivity index (χ4v) is 4.61. The van der Waals surface area contributed by atoms with E-state index in [1.807, 2.05) is 12.1 Å². The Hall–Kier alpha value is -2.13. The number of hydrogen-bond donors (Lipinski definition) is 2. The summed E-state index contributed by atoms with van der Waals surface area (Å²) in [6.45, 7) is 1.86. The number of benzene rings is 2. The van der Waals surface area contributed by atoms with E-state index in [4.69, 9.17) is 16.3 Å². The number of ether oxygens (including phenoxy) is 1. The summed E-state index contributed by atoms with van der Waals surface area (Å²) < 4.78 is 32.5. The number of rotatable bonds is 6. The molecule has 7 nitrogen and oxygen atoms in total. The zero-order valence-corrected chi connectivity index (χ0v) is 16.8. The van der Waals surface area contributed by atoms with Gasteiger partial charge in [-0.3, -0.25) is 0 Å². The van der Waals surface area contributed by atoms with Gasteiger partial charge in [-0.25, -0.2) is 13.2 Å². The lowest BCUT2D eigenvalue weighted by Crippen LogP contribution is -2.41. The molecule has 3 rings (SSSR count). The second kappa shape index (κ2) is 9.38. The third kappa shape index (κ3) is 5.23.